The normalized spacial score (nSPS) is 15.3. The lowest BCUT2D eigenvalue weighted by atomic mass is 9.89. The molecule has 1 aliphatic rings. The minimum absolute atomic E-state index is 0.0311. The van der Waals surface area contributed by atoms with Gasteiger partial charge < -0.3 is 9.88 Å². The maximum absolute atomic E-state index is 12.9. The van der Waals surface area contributed by atoms with Crippen molar-refractivity contribution in [2.75, 3.05) is 18.4 Å². The predicted molar refractivity (Wildman–Crippen MR) is 145 cm³/mol. The number of fused-ring (bicyclic) bond motifs is 1. The Labute approximate surface area is 221 Å². The lowest BCUT2D eigenvalue weighted by Crippen LogP contribution is -2.32. The van der Waals surface area contributed by atoms with Crippen LogP contribution in [0, 0.1) is 5.92 Å². The number of nitrogens with zero attached hydrogens (tertiary/aromatic N) is 2. The lowest BCUT2D eigenvalue weighted by molar-refractivity contribution is -0.137. The largest absolute Gasteiger partial charge is 0.416 e. The van der Waals surface area contributed by atoms with E-state index in [1.165, 1.54) is 23.3 Å². The highest BCUT2D eigenvalue weighted by Gasteiger charge is 2.30. The number of amides is 1. The second-order valence-corrected chi connectivity index (χ2v) is 10.4. The number of halogens is 3. The molecule has 1 aliphatic heterocycles. The molecule has 1 aromatic heterocycles. The molecule has 0 aliphatic carbocycles. The number of alkyl halides is 3. The van der Waals surface area contributed by atoms with Gasteiger partial charge >= 0.3 is 6.18 Å². The van der Waals surface area contributed by atoms with E-state index in [2.05, 4.69) is 34.5 Å². The molecule has 2 heterocycles. The van der Waals surface area contributed by atoms with Crippen molar-refractivity contribution >= 4 is 22.5 Å². The van der Waals surface area contributed by atoms with E-state index in [-0.39, 0.29) is 11.8 Å². The van der Waals surface area contributed by atoms with Crippen LogP contribution in [0.15, 0.2) is 79.0 Å². The van der Waals surface area contributed by atoms with Gasteiger partial charge in [0.05, 0.1) is 11.1 Å². The zero-order valence-corrected chi connectivity index (χ0v) is 21.6. The SMILES string of the molecule is CC(C)C(=O)Nc1cccc(C2CCN(Cc3ccc4c(ccn4-c4ccc(C(F)(F)F)cc4)c3)CC2)c1. The Hall–Kier alpha value is -3.58. The highest BCUT2D eigenvalue weighted by molar-refractivity contribution is 5.92. The number of benzene rings is 3. The van der Waals surface area contributed by atoms with Crippen molar-refractivity contribution in [3.8, 4) is 5.69 Å². The monoisotopic (exact) mass is 519 g/mol. The number of likely N-dealkylation sites (tertiary alicyclic amines) is 1. The summed E-state index contributed by atoms with van der Waals surface area (Å²) in [5.41, 5.74) is 4.39. The molecule has 38 heavy (non-hydrogen) atoms. The van der Waals surface area contributed by atoms with Crippen LogP contribution in [0.4, 0.5) is 18.9 Å². The zero-order chi connectivity index (χ0) is 26.9. The third-order valence-electron chi connectivity index (χ3n) is 7.37. The molecule has 5 rings (SSSR count). The third kappa shape index (κ3) is 5.78. The molecule has 0 unspecified atom stereocenters. The number of nitrogens with one attached hydrogen (secondary N) is 1. The quantitative estimate of drug-likeness (QED) is 0.284. The molecule has 1 amide bonds. The van der Waals surface area contributed by atoms with Crippen LogP contribution < -0.4 is 5.32 Å². The van der Waals surface area contributed by atoms with Gasteiger partial charge in [-0.05, 0) is 97.6 Å². The van der Waals surface area contributed by atoms with Crippen molar-refractivity contribution in [1.29, 1.82) is 0 Å². The summed E-state index contributed by atoms with van der Waals surface area (Å²) < 4.78 is 40.7. The molecule has 4 aromatic rings. The van der Waals surface area contributed by atoms with E-state index in [4.69, 9.17) is 0 Å². The van der Waals surface area contributed by atoms with Gasteiger partial charge in [-0.15, -0.1) is 0 Å². The number of piperidine rings is 1. The van der Waals surface area contributed by atoms with Crippen LogP contribution in [-0.2, 0) is 17.5 Å². The van der Waals surface area contributed by atoms with Crippen LogP contribution in [-0.4, -0.2) is 28.5 Å². The Morgan fingerprint density at radius 1 is 0.974 bits per heavy atom. The number of hydrogen-bond acceptors (Lipinski definition) is 2. The maximum Gasteiger partial charge on any atom is 0.416 e. The Bertz CT molecular complexity index is 1410. The van der Waals surface area contributed by atoms with E-state index in [1.807, 2.05) is 48.9 Å². The second kappa shape index (κ2) is 10.7. The van der Waals surface area contributed by atoms with E-state index >= 15 is 0 Å². The van der Waals surface area contributed by atoms with E-state index < -0.39 is 11.7 Å². The van der Waals surface area contributed by atoms with E-state index in [0.29, 0.717) is 11.6 Å². The number of anilines is 1. The van der Waals surface area contributed by atoms with Crippen molar-refractivity contribution in [3.05, 3.63) is 95.7 Å². The van der Waals surface area contributed by atoms with Crippen LogP contribution >= 0.6 is 0 Å². The number of aromatic nitrogens is 1. The van der Waals surface area contributed by atoms with Gasteiger partial charge in [-0.1, -0.05) is 32.0 Å². The van der Waals surface area contributed by atoms with Crippen LogP contribution in [0.3, 0.4) is 0 Å². The molecule has 1 N–H and O–H groups in total. The van der Waals surface area contributed by atoms with Gasteiger partial charge in [-0.2, -0.15) is 13.2 Å². The molecule has 3 aromatic carbocycles. The van der Waals surface area contributed by atoms with Crippen LogP contribution in [0.1, 0.15) is 49.3 Å². The molecule has 1 saturated heterocycles. The van der Waals surface area contributed by atoms with Crippen LogP contribution in [0.2, 0.25) is 0 Å². The molecule has 0 saturated carbocycles. The van der Waals surface area contributed by atoms with Crippen molar-refractivity contribution in [2.45, 2.75) is 45.3 Å². The van der Waals surface area contributed by atoms with E-state index in [1.54, 1.807) is 0 Å². The minimum atomic E-state index is -4.34. The number of carbonyl (C=O) groups is 1. The Kier molecular flexibility index (Phi) is 7.30. The topological polar surface area (TPSA) is 37.3 Å². The molecule has 7 heteroatoms. The summed E-state index contributed by atoms with van der Waals surface area (Å²) in [6, 6.07) is 21.8. The van der Waals surface area contributed by atoms with Gasteiger partial charge in [-0.3, -0.25) is 9.69 Å². The third-order valence-corrected chi connectivity index (χ3v) is 7.37. The first kappa shape index (κ1) is 26.0. The van der Waals surface area contributed by atoms with Gasteiger partial charge in [0.25, 0.3) is 0 Å². The maximum atomic E-state index is 12.9. The van der Waals surface area contributed by atoms with Crippen LogP contribution in [0.25, 0.3) is 16.6 Å². The van der Waals surface area contributed by atoms with E-state index in [9.17, 15) is 18.0 Å². The minimum Gasteiger partial charge on any atom is -0.326 e. The summed E-state index contributed by atoms with van der Waals surface area (Å²) in [6.45, 7) is 6.64. The fourth-order valence-corrected chi connectivity index (χ4v) is 5.17. The number of carbonyl (C=O) groups excluding carboxylic acids is 1. The van der Waals surface area contributed by atoms with Gasteiger partial charge in [0.15, 0.2) is 0 Å². The molecule has 1 fully saturated rings. The molecular formula is C31H32F3N3O. The summed E-state index contributed by atoms with van der Waals surface area (Å²) in [7, 11) is 0. The standard InChI is InChI=1S/C31H32F3N3O/c1-21(2)30(38)35-27-5-3-4-24(19-27)23-12-15-36(16-13-23)20-22-6-11-29-25(18-22)14-17-37(29)28-9-7-26(8-10-28)31(32,33)34/h3-11,14,17-19,21,23H,12-13,15-16,20H2,1-2H3,(H,35,38). The Balaban J connectivity index is 1.21. The highest BCUT2D eigenvalue weighted by Crippen LogP contribution is 2.32. The first-order valence-electron chi connectivity index (χ1n) is 13.1. The van der Waals surface area contributed by atoms with Gasteiger partial charge in [0, 0.05) is 35.4 Å². The summed E-state index contributed by atoms with van der Waals surface area (Å²) >= 11 is 0. The van der Waals surface area contributed by atoms with Gasteiger partial charge in [0.1, 0.15) is 0 Å². The van der Waals surface area contributed by atoms with E-state index in [0.717, 1.165) is 61.2 Å². The molecule has 0 radical (unpaired) electrons. The Morgan fingerprint density at radius 3 is 2.39 bits per heavy atom. The van der Waals surface area contributed by atoms with Crippen molar-refractivity contribution < 1.29 is 18.0 Å². The number of rotatable bonds is 6. The molecule has 198 valence electrons. The predicted octanol–water partition coefficient (Wildman–Crippen LogP) is 7.62. The molecule has 0 bridgehead atoms. The lowest BCUT2D eigenvalue weighted by Gasteiger charge is -2.32. The smallest absolute Gasteiger partial charge is 0.326 e. The fraction of sp³-hybridized carbons (Fsp3) is 0.323. The van der Waals surface area contributed by atoms with Gasteiger partial charge in [0.2, 0.25) is 5.91 Å². The zero-order valence-electron chi connectivity index (χ0n) is 21.6. The summed E-state index contributed by atoms with van der Waals surface area (Å²) in [5, 5.41) is 4.07. The highest BCUT2D eigenvalue weighted by atomic mass is 19.4. The van der Waals surface area contributed by atoms with Crippen molar-refractivity contribution in [2.24, 2.45) is 5.92 Å². The molecular weight excluding hydrogens is 487 g/mol. The Morgan fingerprint density at radius 2 is 1.71 bits per heavy atom. The number of hydrogen-bond donors (Lipinski definition) is 1. The first-order chi connectivity index (χ1) is 18.2. The van der Waals surface area contributed by atoms with Gasteiger partial charge in [-0.25, -0.2) is 0 Å². The van der Waals surface area contributed by atoms with Crippen molar-refractivity contribution in [1.82, 2.24) is 9.47 Å². The average Bonchev–Trinajstić information content (AvgIpc) is 3.32. The summed E-state index contributed by atoms with van der Waals surface area (Å²) in [6.07, 6.45) is -0.307. The molecule has 0 atom stereocenters. The molecule has 0 spiro atoms. The second-order valence-electron chi connectivity index (χ2n) is 10.4. The average molecular weight is 520 g/mol. The summed E-state index contributed by atoms with van der Waals surface area (Å²) in [5.74, 6) is 0.454. The van der Waals surface area contributed by atoms with Crippen molar-refractivity contribution in [3.63, 3.8) is 0 Å². The van der Waals surface area contributed by atoms with Crippen LogP contribution in [0.5, 0.6) is 0 Å². The summed E-state index contributed by atoms with van der Waals surface area (Å²) in [4.78, 5) is 14.5. The molecule has 4 nitrogen and oxygen atoms in total. The fourth-order valence-electron chi connectivity index (χ4n) is 5.17. The first-order valence-corrected chi connectivity index (χ1v) is 13.1.